The summed E-state index contributed by atoms with van der Waals surface area (Å²) in [4.78, 5) is 46.9. The van der Waals surface area contributed by atoms with Crippen LogP contribution in [0.1, 0.15) is 76.1 Å². The molecule has 3 unspecified atom stereocenters. The lowest BCUT2D eigenvalue weighted by Crippen LogP contribution is -2.48. The Morgan fingerprint density at radius 3 is 1.97 bits per heavy atom. The number of hydrogen-bond donors (Lipinski definition) is 0. The van der Waals surface area contributed by atoms with Crippen molar-refractivity contribution in [2.75, 3.05) is 0 Å². The average molecular weight is 441 g/mol. The zero-order chi connectivity index (χ0) is 23.5. The summed E-state index contributed by atoms with van der Waals surface area (Å²) < 4.78 is 0. The normalized spacial score (nSPS) is 22.9. The van der Waals surface area contributed by atoms with Gasteiger partial charge in [0.15, 0.2) is 0 Å². The molecule has 2 aromatic carbocycles. The van der Waals surface area contributed by atoms with E-state index in [-0.39, 0.29) is 0 Å². The van der Waals surface area contributed by atoms with Crippen molar-refractivity contribution in [2.45, 2.75) is 72.5 Å². The van der Waals surface area contributed by atoms with Crippen LogP contribution in [0, 0.1) is 33.6 Å². The van der Waals surface area contributed by atoms with E-state index >= 15 is 0 Å². The molecule has 3 atom stereocenters. The van der Waals surface area contributed by atoms with Gasteiger partial charge >= 0.3 is 11.9 Å². The van der Waals surface area contributed by atoms with Crippen molar-refractivity contribution < 1.29 is 29.1 Å². The summed E-state index contributed by atoms with van der Waals surface area (Å²) in [5.41, 5.74) is 3.66. The van der Waals surface area contributed by atoms with Crippen LogP contribution in [0.2, 0.25) is 0 Å². The van der Waals surface area contributed by atoms with Crippen molar-refractivity contribution in [3.8, 4) is 0 Å². The molecule has 32 heavy (non-hydrogen) atoms. The maximum absolute atomic E-state index is 12.6. The highest BCUT2D eigenvalue weighted by molar-refractivity contribution is 5.91. The number of carbonyl (C=O) groups is 2. The summed E-state index contributed by atoms with van der Waals surface area (Å²) >= 11 is 0. The van der Waals surface area contributed by atoms with Gasteiger partial charge in [-0.15, -0.1) is 0 Å². The van der Waals surface area contributed by atoms with Gasteiger partial charge in [-0.3, -0.25) is 9.78 Å². The number of hydrogen-bond acceptors (Lipinski definition) is 6. The van der Waals surface area contributed by atoms with Crippen LogP contribution in [0.25, 0.3) is 0 Å². The van der Waals surface area contributed by atoms with E-state index in [1.54, 1.807) is 12.1 Å². The molecule has 6 heteroatoms. The van der Waals surface area contributed by atoms with E-state index in [0.717, 1.165) is 28.7 Å². The molecule has 6 nitrogen and oxygen atoms in total. The summed E-state index contributed by atoms with van der Waals surface area (Å²) in [5.74, 6) is -0.762. The Morgan fingerprint density at radius 1 is 0.875 bits per heavy atom. The third-order valence-electron chi connectivity index (χ3n) is 6.63. The maximum Gasteiger partial charge on any atom is 0.373 e. The van der Waals surface area contributed by atoms with Crippen LogP contribution in [-0.4, -0.2) is 23.6 Å². The van der Waals surface area contributed by atoms with Crippen molar-refractivity contribution in [2.24, 2.45) is 5.92 Å². The first-order valence-corrected chi connectivity index (χ1v) is 11.0. The van der Waals surface area contributed by atoms with Crippen molar-refractivity contribution in [1.29, 1.82) is 0 Å². The van der Waals surface area contributed by atoms with Gasteiger partial charge in [-0.05, 0) is 94.2 Å². The molecule has 0 N–H and O–H groups in total. The predicted molar refractivity (Wildman–Crippen MR) is 120 cm³/mol. The van der Waals surface area contributed by atoms with E-state index in [1.807, 2.05) is 58.9 Å². The lowest BCUT2D eigenvalue weighted by molar-refractivity contribution is -0.388. The third kappa shape index (κ3) is 5.19. The molecule has 0 aliphatic heterocycles. The van der Waals surface area contributed by atoms with Gasteiger partial charge < -0.3 is 0 Å². The largest absolute Gasteiger partial charge is 0.373 e. The van der Waals surface area contributed by atoms with Gasteiger partial charge in [0.1, 0.15) is 11.7 Å². The number of aryl methyl sites for hydroxylation is 2. The Hall–Kier alpha value is -2.70. The van der Waals surface area contributed by atoms with Gasteiger partial charge in [-0.1, -0.05) is 31.2 Å². The topological polar surface area (TPSA) is 71.1 Å². The van der Waals surface area contributed by atoms with Crippen LogP contribution in [0.4, 0.5) is 0 Å². The summed E-state index contributed by atoms with van der Waals surface area (Å²) in [7, 11) is 0. The second-order valence-corrected chi connectivity index (χ2v) is 9.10. The van der Waals surface area contributed by atoms with Crippen molar-refractivity contribution >= 4 is 11.9 Å². The number of carbonyl (C=O) groups excluding carboxylic acids is 2. The molecule has 1 saturated carbocycles. The molecule has 0 bridgehead atoms. The molecule has 0 spiro atoms. The molecule has 0 radical (unpaired) electrons. The molecule has 2 aromatic rings. The lowest BCUT2D eigenvalue weighted by Gasteiger charge is -2.39. The van der Waals surface area contributed by atoms with E-state index in [4.69, 9.17) is 19.6 Å². The average Bonchev–Trinajstić information content (AvgIpc) is 2.76. The van der Waals surface area contributed by atoms with Gasteiger partial charge in [-0.25, -0.2) is 9.59 Å². The fourth-order valence-corrected chi connectivity index (χ4v) is 3.93. The molecule has 1 fully saturated rings. The molecule has 1 aliphatic carbocycles. The predicted octanol–water partition coefficient (Wildman–Crippen LogP) is 5.74. The number of benzene rings is 2. The van der Waals surface area contributed by atoms with Crippen LogP contribution in [0.5, 0.6) is 0 Å². The van der Waals surface area contributed by atoms with Gasteiger partial charge in [0.25, 0.3) is 0 Å². The van der Waals surface area contributed by atoms with E-state index < -0.39 is 23.6 Å². The van der Waals surface area contributed by atoms with Crippen LogP contribution in [0.15, 0.2) is 36.4 Å². The standard InChI is InChI=1S/C26H32O6/c1-16-13-14-26(6,32-31-25(28)22-12-8-10-18(3)20(22)5)23(15-16)29-30-24(27)21-11-7-9-17(2)19(21)4/h7-12,16,23H,13-15H2,1-6H3. The van der Waals surface area contributed by atoms with Gasteiger partial charge in [0, 0.05) is 0 Å². The smallest absolute Gasteiger partial charge is 0.292 e. The van der Waals surface area contributed by atoms with Crippen LogP contribution >= 0.6 is 0 Å². The fraction of sp³-hybridized carbons (Fsp3) is 0.462. The van der Waals surface area contributed by atoms with Crippen molar-refractivity contribution in [1.82, 2.24) is 0 Å². The Labute approximate surface area is 189 Å². The summed E-state index contributed by atoms with van der Waals surface area (Å²) in [6.07, 6.45) is 1.51. The molecule has 172 valence electrons. The molecule has 0 saturated heterocycles. The van der Waals surface area contributed by atoms with E-state index in [1.165, 1.54) is 0 Å². The zero-order valence-electron chi connectivity index (χ0n) is 19.7. The Bertz CT molecular complexity index is 998. The SMILES string of the molecule is Cc1cccc(C(=O)OOC2CC(C)CCC2(C)OOC(=O)c2cccc(C)c2C)c1C. The molecule has 0 aromatic heterocycles. The first-order chi connectivity index (χ1) is 15.1. The van der Waals surface area contributed by atoms with Crippen LogP contribution in [-0.2, 0) is 19.6 Å². The summed E-state index contributed by atoms with van der Waals surface area (Å²) in [6.45, 7) is 11.5. The van der Waals surface area contributed by atoms with Gasteiger partial charge in [0.2, 0.25) is 0 Å². The van der Waals surface area contributed by atoms with E-state index in [2.05, 4.69) is 6.92 Å². The second-order valence-electron chi connectivity index (χ2n) is 9.10. The molecular formula is C26H32O6. The van der Waals surface area contributed by atoms with Crippen molar-refractivity contribution in [3.05, 3.63) is 69.8 Å². The second kappa shape index (κ2) is 9.84. The van der Waals surface area contributed by atoms with Crippen LogP contribution < -0.4 is 0 Å². The Balaban J connectivity index is 1.68. The monoisotopic (exact) mass is 440 g/mol. The summed E-state index contributed by atoms with van der Waals surface area (Å²) in [5, 5.41) is 0. The number of rotatable bonds is 6. The first-order valence-electron chi connectivity index (χ1n) is 11.0. The summed E-state index contributed by atoms with van der Waals surface area (Å²) in [6, 6.07) is 10.9. The highest BCUT2D eigenvalue weighted by atomic mass is 17.2. The molecule has 3 rings (SSSR count). The highest BCUT2D eigenvalue weighted by Crippen LogP contribution is 2.37. The van der Waals surface area contributed by atoms with Crippen LogP contribution in [0.3, 0.4) is 0 Å². The highest BCUT2D eigenvalue weighted by Gasteiger charge is 2.45. The molecule has 0 heterocycles. The van der Waals surface area contributed by atoms with Crippen molar-refractivity contribution in [3.63, 3.8) is 0 Å². The van der Waals surface area contributed by atoms with Gasteiger partial charge in [-0.2, -0.15) is 9.78 Å². The minimum absolute atomic E-state index is 0.353. The first kappa shape index (κ1) is 24.0. The molecular weight excluding hydrogens is 408 g/mol. The third-order valence-corrected chi connectivity index (χ3v) is 6.63. The van der Waals surface area contributed by atoms with E-state index in [9.17, 15) is 9.59 Å². The van der Waals surface area contributed by atoms with E-state index in [0.29, 0.717) is 29.9 Å². The molecule has 0 amide bonds. The Morgan fingerprint density at radius 2 is 1.41 bits per heavy atom. The molecule has 1 aliphatic rings. The van der Waals surface area contributed by atoms with Gasteiger partial charge in [0.05, 0.1) is 11.1 Å². The minimum Gasteiger partial charge on any atom is -0.292 e. The Kier molecular flexibility index (Phi) is 7.36. The minimum atomic E-state index is -0.943. The maximum atomic E-state index is 12.6. The lowest BCUT2D eigenvalue weighted by atomic mass is 9.78. The fourth-order valence-electron chi connectivity index (χ4n) is 3.93. The quantitative estimate of drug-likeness (QED) is 0.421. The zero-order valence-corrected chi connectivity index (χ0v) is 19.7.